The summed E-state index contributed by atoms with van der Waals surface area (Å²) in [6.45, 7) is 0. The van der Waals surface area contributed by atoms with E-state index in [2.05, 4.69) is 9.97 Å². The molecule has 0 bridgehead atoms. The Hall–Kier alpha value is -1.20. The van der Waals surface area contributed by atoms with E-state index in [1.165, 1.54) is 0 Å². The third-order valence-electron chi connectivity index (χ3n) is 2.21. The molecule has 0 radical (unpaired) electrons. The first-order valence-electron chi connectivity index (χ1n) is 5.02. The summed E-state index contributed by atoms with van der Waals surface area (Å²) in [5, 5.41) is 1.53. The molecular formula is C12H12N2OS2. The van der Waals surface area contributed by atoms with Gasteiger partial charge in [-0.25, -0.2) is 9.97 Å². The largest absolute Gasteiger partial charge is 0.253 e. The zero-order valence-electron chi connectivity index (χ0n) is 9.58. The molecule has 0 spiro atoms. The highest BCUT2D eigenvalue weighted by Gasteiger charge is 2.05. The fourth-order valence-corrected chi connectivity index (χ4v) is 2.29. The molecule has 0 aromatic carbocycles. The van der Waals surface area contributed by atoms with Gasteiger partial charge in [0.05, 0.1) is 27.2 Å². The van der Waals surface area contributed by atoms with Crippen molar-refractivity contribution in [2.45, 2.75) is 10.1 Å². The minimum Gasteiger partial charge on any atom is -0.253 e. The predicted molar refractivity (Wildman–Crippen MR) is 71.6 cm³/mol. The molecule has 0 amide bonds. The van der Waals surface area contributed by atoms with E-state index in [-0.39, 0.29) is 0 Å². The van der Waals surface area contributed by atoms with E-state index in [1.807, 2.05) is 36.6 Å². The Morgan fingerprint density at radius 3 is 2.35 bits per heavy atom. The maximum atomic E-state index is 11.4. The lowest BCUT2D eigenvalue weighted by Crippen LogP contribution is -1.95. The molecule has 0 N–H and O–H groups in total. The Kier molecular flexibility index (Phi) is 3.91. The lowest BCUT2D eigenvalue weighted by atomic mass is 10.2. The molecule has 0 aliphatic rings. The predicted octanol–water partition coefficient (Wildman–Crippen LogP) is 2.60. The van der Waals surface area contributed by atoms with Crippen LogP contribution in [0.4, 0.5) is 0 Å². The Bertz CT molecular complexity index is 558. The third kappa shape index (κ3) is 2.92. The second-order valence-electron chi connectivity index (χ2n) is 3.38. The van der Waals surface area contributed by atoms with E-state index in [9.17, 15) is 4.21 Å². The maximum absolute atomic E-state index is 11.4. The molecule has 0 unspecified atom stereocenters. The SMILES string of the molecule is CSc1cccc(-c2cccc([S@@](C)=O)n2)n1. The number of hydrogen-bond donors (Lipinski definition) is 0. The molecule has 0 saturated carbocycles. The zero-order chi connectivity index (χ0) is 12.3. The number of pyridine rings is 2. The molecule has 88 valence electrons. The number of aromatic nitrogens is 2. The molecule has 1 atom stereocenters. The van der Waals surface area contributed by atoms with E-state index in [0.717, 1.165) is 16.4 Å². The number of thioether (sulfide) groups is 1. The summed E-state index contributed by atoms with van der Waals surface area (Å²) < 4.78 is 11.4. The molecule has 2 aromatic rings. The van der Waals surface area contributed by atoms with Gasteiger partial charge in [-0.05, 0) is 30.5 Å². The van der Waals surface area contributed by atoms with Crippen molar-refractivity contribution in [1.82, 2.24) is 9.97 Å². The smallest absolute Gasteiger partial charge is 0.127 e. The van der Waals surface area contributed by atoms with Gasteiger partial charge in [0.2, 0.25) is 0 Å². The van der Waals surface area contributed by atoms with Crippen LogP contribution in [0.2, 0.25) is 0 Å². The normalized spacial score (nSPS) is 12.4. The van der Waals surface area contributed by atoms with E-state index in [1.54, 1.807) is 24.1 Å². The maximum Gasteiger partial charge on any atom is 0.127 e. The van der Waals surface area contributed by atoms with Gasteiger partial charge in [0.15, 0.2) is 0 Å². The molecule has 5 heteroatoms. The zero-order valence-corrected chi connectivity index (χ0v) is 11.2. The van der Waals surface area contributed by atoms with Gasteiger partial charge in [0.25, 0.3) is 0 Å². The van der Waals surface area contributed by atoms with Gasteiger partial charge in [0, 0.05) is 6.26 Å². The van der Waals surface area contributed by atoms with Crippen LogP contribution in [0.15, 0.2) is 46.5 Å². The van der Waals surface area contributed by atoms with Crippen LogP contribution >= 0.6 is 11.8 Å². The average molecular weight is 264 g/mol. The van der Waals surface area contributed by atoms with Crippen LogP contribution in [0, 0.1) is 0 Å². The average Bonchev–Trinajstić information content (AvgIpc) is 2.39. The van der Waals surface area contributed by atoms with Crippen molar-refractivity contribution in [1.29, 1.82) is 0 Å². The fourth-order valence-electron chi connectivity index (χ4n) is 1.39. The van der Waals surface area contributed by atoms with Gasteiger partial charge in [-0.2, -0.15) is 0 Å². The summed E-state index contributed by atoms with van der Waals surface area (Å²) in [4.78, 5) is 8.81. The van der Waals surface area contributed by atoms with Crippen LogP contribution in [-0.4, -0.2) is 26.7 Å². The molecule has 3 nitrogen and oxygen atoms in total. The molecule has 0 aliphatic heterocycles. The van der Waals surface area contributed by atoms with E-state index in [0.29, 0.717) is 5.03 Å². The van der Waals surface area contributed by atoms with E-state index >= 15 is 0 Å². The van der Waals surface area contributed by atoms with Crippen LogP contribution in [0.5, 0.6) is 0 Å². The van der Waals surface area contributed by atoms with Crippen molar-refractivity contribution in [3.8, 4) is 11.4 Å². The van der Waals surface area contributed by atoms with Gasteiger partial charge in [0.1, 0.15) is 5.03 Å². The van der Waals surface area contributed by atoms with Gasteiger partial charge >= 0.3 is 0 Å². The van der Waals surface area contributed by atoms with Crippen LogP contribution in [0.3, 0.4) is 0 Å². The molecule has 0 fully saturated rings. The fraction of sp³-hybridized carbons (Fsp3) is 0.167. The lowest BCUT2D eigenvalue weighted by molar-refractivity contribution is 0.684. The molecule has 2 rings (SSSR count). The molecule has 2 aromatic heterocycles. The molecule has 2 heterocycles. The summed E-state index contributed by atoms with van der Waals surface area (Å²) in [5.74, 6) is 0. The first-order valence-corrected chi connectivity index (χ1v) is 7.81. The summed E-state index contributed by atoms with van der Waals surface area (Å²) in [6.07, 6.45) is 3.61. The van der Waals surface area contributed by atoms with Crippen molar-refractivity contribution < 1.29 is 4.21 Å². The third-order valence-corrected chi connectivity index (χ3v) is 3.68. The van der Waals surface area contributed by atoms with Crippen molar-refractivity contribution in [3.63, 3.8) is 0 Å². The minimum atomic E-state index is -1.06. The first-order chi connectivity index (χ1) is 8.20. The van der Waals surface area contributed by atoms with Gasteiger partial charge in [-0.3, -0.25) is 4.21 Å². The first kappa shape index (κ1) is 12.3. The highest BCUT2D eigenvalue weighted by atomic mass is 32.2. The Morgan fingerprint density at radius 1 is 1.06 bits per heavy atom. The number of rotatable bonds is 3. The van der Waals surface area contributed by atoms with Crippen molar-refractivity contribution >= 4 is 22.6 Å². The van der Waals surface area contributed by atoms with Crippen molar-refractivity contribution in [2.24, 2.45) is 0 Å². The molecule has 17 heavy (non-hydrogen) atoms. The lowest BCUT2D eigenvalue weighted by Gasteiger charge is -2.03. The number of hydrogen-bond acceptors (Lipinski definition) is 4. The standard InChI is InChI=1S/C12H12N2OS2/c1-16-11-7-3-5-9(13-11)10-6-4-8-12(14-10)17(2)15/h3-8H,1-2H3/t17-/m1/s1. The summed E-state index contributed by atoms with van der Waals surface area (Å²) in [6, 6.07) is 11.3. The van der Waals surface area contributed by atoms with Crippen LogP contribution in [0.1, 0.15) is 0 Å². The Morgan fingerprint density at radius 2 is 1.71 bits per heavy atom. The van der Waals surface area contributed by atoms with Crippen LogP contribution < -0.4 is 0 Å². The molecular weight excluding hydrogens is 252 g/mol. The Balaban J connectivity index is 2.45. The highest BCUT2D eigenvalue weighted by molar-refractivity contribution is 7.98. The summed E-state index contributed by atoms with van der Waals surface area (Å²) in [7, 11) is -1.06. The second kappa shape index (κ2) is 5.42. The van der Waals surface area contributed by atoms with E-state index < -0.39 is 10.8 Å². The second-order valence-corrected chi connectivity index (χ2v) is 5.53. The van der Waals surface area contributed by atoms with Gasteiger partial charge in [-0.15, -0.1) is 11.8 Å². The van der Waals surface area contributed by atoms with Gasteiger partial charge < -0.3 is 0 Å². The Labute approximate surface area is 107 Å². The summed E-state index contributed by atoms with van der Waals surface area (Å²) in [5.41, 5.74) is 1.57. The van der Waals surface area contributed by atoms with Crippen molar-refractivity contribution in [2.75, 3.05) is 12.5 Å². The summed E-state index contributed by atoms with van der Waals surface area (Å²) >= 11 is 1.59. The monoisotopic (exact) mass is 264 g/mol. The molecule has 0 saturated heterocycles. The quantitative estimate of drug-likeness (QED) is 0.799. The highest BCUT2D eigenvalue weighted by Crippen LogP contribution is 2.19. The van der Waals surface area contributed by atoms with Crippen molar-refractivity contribution in [3.05, 3.63) is 36.4 Å². The number of nitrogens with zero attached hydrogens (tertiary/aromatic N) is 2. The van der Waals surface area contributed by atoms with Crippen LogP contribution in [-0.2, 0) is 10.8 Å². The van der Waals surface area contributed by atoms with Gasteiger partial charge in [-0.1, -0.05) is 12.1 Å². The van der Waals surface area contributed by atoms with E-state index in [4.69, 9.17) is 0 Å². The minimum absolute atomic E-state index is 0.582. The van der Waals surface area contributed by atoms with Crippen LogP contribution in [0.25, 0.3) is 11.4 Å². The molecule has 0 aliphatic carbocycles. The topological polar surface area (TPSA) is 42.9 Å².